The van der Waals surface area contributed by atoms with Crippen molar-refractivity contribution in [1.29, 1.82) is 0 Å². The minimum absolute atomic E-state index is 0.141. The van der Waals surface area contributed by atoms with Crippen LogP contribution in [0.25, 0.3) is 11.8 Å². The molecular weight excluding hydrogens is 465 g/mol. The number of imidazole rings is 1. The van der Waals surface area contributed by atoms with Crippen molar-refractivity contribution in [2.45, 2.75) is 64.2 Å². The van der Waals surface area contributed by atoms with Crippen LogP contribution in [0.5, 0.6) is 0 Å². The maximum Gasteiger partial charge on any atom is 0.157 e. The summed E-state index contributed by atoms with van der Waals surface area (Å²) < 4.78 is 22.2. The lowest BCUT2D eigenvalue weighted by Crippen LogP contribution is -2.54. The van der Waals surface area contributed by atoms with Crippen molar-refractivity contribution >= 4 is 11.9 Å². The van der Waals surface area contributed by atoms with Crippen molar-refractivity contribution in [3.63, 3.8) is 0 Å². The Bertz CT molecular complexity index is 1360. The van der Waals surface area contributed by atoms with E-state index >= 15 is 0 Å². The van der Waals surface area contributed by atoms with Gasteiger partial charge in [-0.25, -0.2) is 14.4 Å². The number of alkyl halides is 1. The number of hydrazine groups is 1. The molecule has 0 N–H and O–H groups in total. The normalized spacial score (nSPS) is 27.2. The summed E-state index contributed by atoms with van der Waals surface area (Å²) in [5, 5.41) is 4.75. The van der Waals surface area contributed by atoms with Crippen molar-refractivity contribution in [1.82, 2.24) is 19.6 Å². The van der Waals surface area contributed by atoms with E-state index in [1.165, 1.54) is 28.0 Å². The highest BCUT2D eigenvalue weighted by atomic mass is 19.1. The van der Waals surface area contributed by atoms with E-state index < -0.39 is 6.17 Å². The lowest BCUT2D eigenvalue weighted by atomic mass is 9.82. The molecule has 2 aromatic rings. The number of hydrogen-bond acceptors (Lipinski definition) is 5. The molecule has 7 heteroatoms. The summed E-state index contributed by atoms with van der Waals surface area (Å²) in [6.07, 6.45) is 17.2. The standard InChI is InChI=1S/C30H34FN5O/c1-20-16-24(6-9-27(20)31)36-30(11-14-37-15-12-30)33-29-23(4-3-13-35(29)36)17-22-5-10-28(26-8-7-25(22)26)34-18-21(2)32-19-34/h5-6,9-10,16-20,27H,3-4,7-8,11-15H2,1-2H3. The fourth-order valence-corrected chi connectivity index (χ4v) is 6.52. The second kappa shape index (κ2) is 8.69. The SMILES string of the molecule is Cc1cn(-c2ccc(C=C3CCCN4C3=NC3(CCOCC3)N4C3=CC(C)C(F)C=C3)c3c2CC3)cn1. The number of fused-ring (bicyclic) bond motifs is 2. The molecule has 0 bridgehead atoms. The number of aryl methyl sites for hydroxylation is 1. The molecule has 0 radical (unpaired) electrons. The third-order valence-electron chi connectivity index (χ3n) is 8.61. The van der Waals surface area contributed by atoms with Gasteiger partial charge in [-0.05, 0) is 79.2 Å². The summed E-state index contributed by atoms with van der Waals surface area (Å²) in [6, 6.07) is 4.50. The maximum absolute atomic E-state index is 14.3. The van der Waals surface area contributed by atoms with Crippen LogP contribution in [0.4, 0.5) is 4.39 Å². The fraction of sp³-hybridized carbons (Fsp3) is 0.467. The molecule has 2 unspecified atom stereocenters. The van der Waals surface area contributed by atoms with Gasteiger partial charge < -0.3 is 9.30 Å². The maximum atomic E-state index is 14.3. The average Bonchev–Trinajstić information content (AvgIpc) is 3.44. The number of amidine groups is 1. The number of aromatic nitrogens is 2. The number of piperidine rings is 1. The van der Waals surface area contributed by atoms with Gasteiger partial charge in [0, 0.05) is 37.2 Å². The van der Waals surface area contributed by atoms with Crippen LogP contribution < -0.4 is 0 Å². The summed E-state index contributed by atoms with van der Waals surface area (Å²) in [6.45, 7) is 6.30. The Hall–Kier alpha value is -3.19. The lowest BCUT2D eigenvalue weighted by molar-refractivity contribution is -0.0636. The van der Waals surface area contributed by atoms with Gasteiger partial charge in [0.2, 0.25) is 0 Å². The monoisotopic (exact) mass is 499 g/mol. The van der Waals surface area contributed by atoms with Crippen molar-refractivity contribution in [2.24, 2.45) is 10.9 Å². The number of allylic oxidation sites excluding steroid dienone is 3. The third-order valence-corrected chi connectivity index (χ3v) is 8.61. The number of ether oxygens (including phenoxy) is 1. The molecular formula is C30H34FN5O. The molecule has 0 amide bonds. The van der Waals surface area contributed by atoms with Crippen LogP contribution >= 0.6 is 0 Å². The minimum Gasteiger partial charge on any atom is -0.381 e. The van der Waals surface area contributed by atoms with Crippen LogP contribution in [0.1, 0.15) is 55.0 Å². The molecule has 7 rings (SSSR count). The predicted octanol–water partition coefficient (Wildman–Crippen LogP) is 5.32. The van der Waals surface area contributed by atoms with E-state index in [4.69, 9.17) is 9.73 Å². The molecule has 5 aliphatic rings. The number of rotatable bonds is 3. The fourth-order valence-electron chi connectivity index (χ4n) is 6.52. The van der Waals surface area contributed by atoms with Crippen LogP contribution in [-0.2, 0) is 17.6 Å². The van der Waals surface area contributed by atoms with Crippen LogP contribution in [-0.4, -0.2) is 57.0 Å². The quantitative estimate of drug-likeness (QED) is 0.573. The smallest absolute Gasteiger partial charge is 0.157 e. The van der Waals surface area contributed by atoms with Gasteiger partial charge in [-0.3, -0.25) is 10.0 Å². The van der Waals surface area contributed by atoms with Gasteiger partial charge in [0.1, 0.15) is 12.0 Å². The van der Waals surface area contributed by atoms with E-state index in [1.54, 1.807) is 6.08 Å². The second-order valence-electron chi connectivity index (χ2n) is 11.0. The lowest BCUT2D eigenvalue weighted by Gasteiger charge is -2.46. The molecule has 0 saturated carbocycles. The molecule has 3 aliphatic heterocycles. The van der Waals surface area contributed by atoms with Gasteiger partial charge in [0.05, 0.1) is 30.9 Å². The number of halogens is 1. The molecule has 1 spiro atoms. The summed E-state index contributed by atoms with van der Waals surface area (Å²) in [7, 11) is 0. The first-order chi connectivity index (χ1) is 18.0. The van der Waals surface area contributed by atoms with Crippen LogP contribution in [0.15, 0.2) is 59.1 Å². The molecule has 1 aromatic carbocycles. The first-order valence-electron chi connectivity index (χ1n) is 13.7. The van der Waals surface area contributed by atoms with Crippen LogP contribution in [0, 0.1) is 12.8 Å². The van der Waals surface area contributed by atoms with E-state index in [2.05, 4.69) is 50.1 Å². The van der Waals surface area contributed by atoms with Crippen molar-refractivity contribution in [3.05, 3.63) is 76.5 Å². The van der Waals surface area contributed by atoms with E-state index in [9.17, 15) is 4.39 Å². The number of hydrogen-bond donors (Lipinski definition) is 0. The van der Waals surface area contributed by atoms with E-state index in [0.717, 1.165) is 62.3 Å². The molecule has 192 valence electrons. The average molecular weight is 500 g/mol. The molecule has 37 heavy (non-hydrogen) atoms. The predicted molar refractivity (Wildman–Crippen MR) is 143 cm³/mol. The Balaban J connectivity index is 1.27. The molecule has 2 fully saturated rings. The molecule has 2 atom stereocenters. The Morgan fingerprint density at radius 1 is 1.14 bits per heavy atom. The zero-order valence-corrected chi connectivity index (χ0v) is 21.7. The molecule has 2 aliphatic carbocycles. The van der Waals surface area contributed by atoms with Gasteiger partial charge >= 0.3 is 0 Å². The zero-order valence-electron chi connectivity index (χ0n) is 21.7. The molecule has 2 saturated heterocycles. The number of benzene rings is 1. The van der Waals surface area contributed by atoms with E-state index in [1.807, 2.05) is 26.3 Å². The van der Waals surface area contributed by atoms with Gasteiger partial charge in [0.25, 0.3) is 0 Å². The zero-order chi connectivity index (χ0) is 25.1. The molecule has 4 heterocycles. The minimum atomic E-state index is -0.929. The van der Waals surface area contributed by atoms with E-state index in [-0.39, 0.29) is 11.6 Å². The van der Waals surface area contributed by atoms with Gasteiger partial charge in [0.15, 0.2) is 5.66 Å². The third kappa shape index (κ3) is 3.69. The van der Waals surface area contributed by atoms with Gasteiger partial charge in [-0.2, -0.15) is 0 Å². The Morgan fingerprint density at radius 3 is 2.70 bits per heavy atom. The summed E-state index contributed by atoms with van der Waals surface area (Å²) in [4.78, 5) is 9.88. The first kappa shape index (κ1) is 23.0. The molecule has 1 aromatic heterocycles. The largest absolute Gasteiger partial charge is 0.381 e. The number of nitrogens with zero attached hydrogens (tertiary/aromatic N) is 5. The van der Waals surface area contributed by atoms with E-state index in [0.29, 0.717) is 13.2 Å². The van der Waals surface area contributed by atoms with Crippen molar-refractivity contribution in [2.75, 3.05) is 19.8 Å². The Morgan fingerprint density at radius 2 is 1.97 bits per heavy atom. The van der Waals surface area contributed by atoms with Gasteiger partial charge in [-0.1, -0.05) is 19.1 Å². The Labute approximate surface area is 217 Å². The summed E-state index contributed by atoms with van der Waals surface area (Å²) in [5.41, 5.74) is 8.48. The summed E-state index contributed by atoms with van der Waals surface area (Å²) >= 11 is 0. The van der Waals surface area contributed by atoms with Crippen molar-refractivity contribution < 1.29 is 9.13 Å². The highest BCUT2D eigenvalue weighted by Crippen LogP contribution is 2.44. The first-order valence-corrected chi connectivity index (χ1v) is 13.7. The topological polar surface area (TPSA) is 45.9 Å². The highest BCUT2D eigenvalue weighted by molar-refractivity contribution is 6.04. The molecule has 6 nitrogen and oxygen atoms in total. The van der Waals surface area contributed by atoms with Crippen LogP contribution in [0.3, 0.4) is 0 Å². The summed E-state index contributed by atoms with van der Waals surface area (Å²) in [5.74, 6) is 0.942. The second-order valence-corrected chi connectivity index (χ2v) is 11.0. The van der Waals surface area contributed by atoms with Crippen LogP contribution in [0.2, 0.25) is 0 Å². The van der Waals surface area contributed by atoms with Crippen molar-refractivity contribution in [3.8, 4) is 5.69 Å². The number of aliphatic imine (C=N–C) groups is 1. The van der Waals surface area contributed by atoms with Gasteiger partial charge in [-0.15, -0.1) is 0 Å². The Kier molecular flexibility index (Phi) is 5.39. The highest BCUT2D eigenvalue weighted by Gasteiger charge is 2.50.